The van der Waals surface area contributed by atoms with Crippen LogP contribution in [0.4, 0.5) is 35.1 Å². The lowest BCUT2D eigenvalue weighted by atomic mass is 11.5. The van der Waals surface area contributed by atoms with Gasteiger partial charge in [0.25, 0.3) is 23.6 Å². The highest BCUT2D eigenvalue weighted by Gasteiger charge is 2.69. The molecule has 0 N–H and O–H groups in total. The van der Waals surface area contributed by atoms with Crippen molar-refractivity contribution in [1.29, 1.82) is 0 Å². The summed E-state index contributed by atoms with van der Waals surface area (Å²) < 4.78 is 155. The Hall–Kier alpha value is -0.710. The minimum Gasteiger partial charge on any atom is -0.220 e. The van der Waals surface area contributed by atoms with E-state index in [2.05, 4.69) is 0 Å². The standard InChI is InChI=1S/C4H2F8O6S3/c5-1(6)19(13,14)2(20(15,16)3(7,8)9)21(17,18)4(10,11)12/h1-2H. The Morgan fingerprint density at radius 1 is 0.619 bits per heavy atom. The van der Waals surface area contributed by atoms with Crippen molar-refractivity contribution < 1.29 is 60.4 Å². The van der Waals surface area contributed by atoms with E-state index in [9.17, 15) is 60.4 Å². The first-order valence-corrected chi connectivity index (χ1v) is 8.62. The van der Waals surface area contributed by atoms with Gasteiger partial charge in [0.05, 0.1) is 0 Å². The molecule has 17 heteroatoms. The summed E-state index contributed by atoms with van der Waals surface area (Å²) in [5.41, 5.74) is -13.7. The molecule has 21 heavy (non-hydrogen) atoms. The van der Waals surface area contributed by atoms with Crippen LogP contribution in [0.2, 0.25) is 0 Å². The van der Waals surface area contributed by atoms with E-state index in [1.807, 2.05) is 0 Å². The largest absolute Gasteiger partial charge is 0.499 e. The number of sulfone groups is 3. The average molecular weight is 394 g/mol. The van der Waals surface area contributed by atoms with E-state index < -0.39 is 50.2 Å². The van der Waals surface area contributed by atoms with Gasteiger partial charge >= 0.3 is 16.8 Å². The van der Waals surface area contributed by atoms with Crippen LogP contribution in [0, 0.1) is 0 Å². The quantitative estimate of drug-likeness (QED) is 0.653. The molecule has 0 saturated heterocycles. The van der Waals surface area contributed by atoms with Crippen molar-refractivity contribution >= 4 is 29.5 Å². The summed E-state index contributed by atoms with van der Waals surface area (Å²) >= 11 is 0. The maximum atomic E-state index is 12.1. The predicted octanol–water partition coefficient (Wildman–Crippen LogP) is 0.777. The summed E-state index contributed by atoms with van der Waals surface area (Å²) in [6, 6.07) is 0. The normalized spacial score (nSPS) is 15.7. The molecule has 0 fully saturated rings. The zero-order valence-electron chi connectivity index (χ0n) is 8.85. The highest BCUT2D eigenvalue weighted by atomic mass is 32.3. The van der Waals surface area contributed by atoms with E-state index in [1.54, 1.807) is 0 Å². The molecule has 0 aromatic heterocycles. The molecule has 0 amide bonds. The maximum absolute atomic E-state index is 12.1. The molecule has 6 nitrogen and oxygen atoms in total. The second-order valence-electron chi connectivity index (χ2n) is 3.12. The Bertz CT molecular complexity index is 650. The zero-order valence-corrected chi connectivity index (χ0v) is 11.3. The second-order valence-corrected chi connectivity index (χ2v) is 10.1. The molecule has 0 aromatic rings. The first-order valence-electron chi connectivity index (χ1n) is 3.92. The zero-order chi connectivity index (χ0) is 17.7. The Morgan fingerprint density at radius 2 is 0.857 bits per heavy atom. The highest BCUT2D eigenvalue weighted by Crippen LogP contribution is 2.40. The molecule has 0 aromatic carbocycles. The van der Waals surface area contributed by atoms with Gasteiger partial charge in [-0.05, 0) is 0 Å². The summed E-state index contributed by atoms with van der Waals surface area (Å²) in [5.74, 6) is -5.11. The molecule has 0 spiro atoms. The smallest absolute Gasteiger partial charge is 0.220 e. The third-order valence-electron chi connectivity index (χ3n) is 1.67. The van der Waals surface area contributed by atoms with Gasteiger partial charge in [-0.1, -0.05) is 0 Å². The van der Waals surface area contributed by atoms with Crippen molar-refractivity contribution in [3.63, 3.8) is 0 Å². The fourth-order valence-electron chi connectivity index (χ4n) is 0.822. The van der Waals surface area contributed by atoms with Crippen molar-refractivity contribution in [1.82, 2.24) is 0 Å². The molecule has 0 aliphatic carbocycles. The predicted molar refractivity (Wildman–Crippen MR) is 48.7 cm³/mol. The molecule has 0 rings (SSSR count). The fraction of sp³-hybridized carbons (Fsp3) is 1.00. The topological polar surface area (TPSA) is 102 Å². The molecule has 0 saturated carbocycles. The van der Waals surface area contributed by atoms with Gasteiger partial charge in [0.1, 0.15) is 0 Å². The minimum absolute atomic E-state index is 5.11. The minimum atomic E-state index is -7.66. The van der Waals surface area contributed by atoms with E-state index in [0.29, 0.717) is 0 Å². The molecule has 0 atom stereocenters. The molecular weight excluding hydrogens is 392 g/mol. The second kappa shape index (κ2) is 5.18. The SMILES string of the molecule is O=S(=O)(C(F)F)C(S(=O)(=O)C(F)(F)F)S(=O)(=O)C(F)(F)F. The van der Waals surface area contributed by atoms with Crippen LogP contribution in [0.15, 0.2) is 0 Å². The van der Waals surface area contributed by atoms with Crippen molar-refractivity contribution in [2.75, 3.05) is 0 Å². The van der Waals surface area contributed by atoms with Crippen LogP contribution in [0.3, 0.4) is 0 Å². The molecule has 0 unspecified atom stereocenters. The number of hydrogen-bond acceptors (Lipinski definition) is 6. The van der Waals surface area contributed by atoms with E-state index >= 15 is 0 Å². The van der Waals surface area contributed by atoms with Gasteiger partial charge < -0.3 is 0 Å². The average Bonchev–Trinajstić information content (AvgIpc) is 2.11. The van der Waals surface area contributed by atoms with Crippen LogP contribution in [0.1, 0.15) is 0 Å². The van der Waals surface area contributed by atoms with Crippen LogP contribution in [-0.4, -0.2) is 45.9 Å². The number of halogens is 8. The van der Waals surface area contributed by atoms with Gasteiger partial charge in [0.15, 0.2) is 0 Å². The lowest BCUT2D eigenvalue weighted by Crippen LogP contribution is -2.50. The third kappa shape index (κ3) is 3.38. The number of alkyl halides is 8. The highest BCUT2D eigenvalue weighted by molar-refractivity contribution is 8.24. The fourth-order valence-corrected chi connectivity index (χ4v) is 7.40. The Balaban J connectivity index is 6.83. The number of hydrogen-bond donors (Lipinski definition) is 0. The molecule has 0 heterocycles. The van der Waals surface area contributed by atoms with Gasteiger partial charge in [-0.2, -0.15) is 35.1 Å². The van der Waals surface area contributed by atoms with Gasteiger partial charge in [0, 0.05) is 0 Å². The Kier molecular flexibility index (Phi) is 5.01. The van der Waals surface area contributed by atoms with E-state index in [4.69, 9.17) is 0 Å². The van der Waals surface area contributed by atoms with E-state index in [0.717, 1.165) is 0 Å². The van der Waals surface area contributed by atoms with Crippen LogP contribution in [0.5, 0.6) is 0 Å². The monoisotopic (exact) mass is 394 g/mol. The summed E-state index contributed by atoms with van der Waals surface area (Å²) in [6.07, 6.45) is 0. The van der Waals surface area contributed by atoms with Crippen molar-refractivity contribution in [3.8, 4) is 0 Å². The van der Waals surface area contributed by atoms with Gasteiger partial charge in [-0.3, -0.25) is 0 Å². The lowest BCUT2D eigenvalue weighted by Gasteiger charge is -2.20. The Morgan fingerprint density at radius 3 is 1.00 bits per heavy atom. The molecule has 0 bridgehead atoms. The lowest BCUT2D eigenvalue weighted by molar-refractivity contribution is -0.0462. The van der Waals surface area contributed by atoms with Gasteiger partial charge in [0.2, 0.25) is 9.84 Å². The van der Waals surface area contributed by atoms with Crippen LogP contribution in [-0.2, 0) is 29.5 Å². The summed E-state index contributed by atoms with van der Waals surface area (Å²) in [4.78, 5) is 0. The van der Waals surface area contributed by atoms with Crippen molar-refractivity contribution in [3.05, 3.63) is 0 Å². The van der Waals surface area contributed by atoms with Crippen LogP contribution < -0.4 is 0 Å². The van der Waals surface area contributed by atoms with Crippen molar-refractivity contribution in [2.45, 2.75) is 20.7 Å². The first-order chi connectivity index (χ1) is 8.81. The first kappa shape index (κ1) is 20.3. The Labute approximate surface area is 111 Å². The molecule has 128 valence electrons. The van der Waals surface area contributed by atoms with E-state index in [1.165, 1.54) is 0 Å². The molecule has 0 aliphatic heterocycles. The van der Waals surface area contributed by atoms with Crippen molar-refractivity contribution in [2.24, 2.45) is 0 Å². The molecule has 0 aliphatic rings. The van der Waals surface area contributed by atoms with Crippen LogP contribution >= 0.6 is 0 Å². The third-order valence-corrected chi connectivity index (χ3v) is 9.66. The van der Waals surface area contributed by atoms with Gasteiger partial charge in [-0.25, -0.2) is 25.3 Å². The summed E-state index contributed by atoms with van der Waals surface area (Å²) in [6.45, 7) is 0. The molecular formula is C4H2F8O6S3. The number of rotatable bonds is 4. The maximum Gasteiger partial charge on any atom is 0.499 e. The summed E-state index contributed by atoms with van der Waals surface area (Å²) in [5, 5.41) is 0. The van der Waals surface area contributed by atoms with E-state index in [-0.39, 0.29) is 0 Å². The van der Waals surface area contributed by atoms with Crippen LogP contribution in [0.25, 0.3) is 0 Å². The van der Waals surface area contributed by atoms with Gasteiger partial charge in [-0.15, -0.1) is 0 Å². The summed E-state index contributed by atoms with van der Waals surface area (Å²) in [7, 11) is -22.5. The molecule has 0 radical (unpaired) electrons.